The number of anilines is 1. The fourth-order valence-electron chi connectivity index (χ4n) is 2.53. The minimum Gasteiger partial charge on any atom is -0.481 e. The second-order valence-electron chi connectivity index (χ2n) is 5.60. The summed E-state index contributed by atoms with van der Waals surface area (Å²) in [5.41, 5.74) is 2.53. The number of ether oxygens (including phenoxy) is 1. The molecule has 118 valence electrons. The Balaban J connectivity index is 1.50. The number of carboxylic acids is 1. The molecule has 1 aliphatic carbocycles. The number of nitrogens with one attached hydrogen (secondary N) is 1. The van der Waals surface area contributed by atoms with Gasteiger partial charge in [-0.1, -0.05) is 42.5 Å². The summed E-state index contributed by atoms with van der Waals surface area (Å²) in [7, 11) is 0. The summed E-state index contributed by atoms with van der Waals surface area (Å²) in [5, 5.41) is 11.6. The molecule has 3 rings (SSSR count). The number of hydrogen-bond donors (Lipinski definition) is 2. The van der Waals surface area contributed by atoms with E-state index in [1.54, 1.807) is 12.1 Å². The average molecular weight is 311 g/mol. The van der Waals surface area contributed by atoms with Gasteiger partial charge in [-0.25, -0.2) is 4.79 Å². The highest BCUT2D eigenvalue weighted by molar-refractivity contribution is 5.84. The number of hydrogen-bond acceptors (Lipinski definition) is 3. The Morgan fingerprint density at radius 2 is 1.78 bits per heavy atom. The fraction of sp³-hybridized carbons (Fsp3) is 0.222. The first-order chi connectivity index (χ1) is 11.1. The lowest BCUT2D eigenvalue weighted by Gasteiger charge is -2.08. The monoisotopic (exact) mass is 311 g/mol. The third-order valence-corrected chi connectivity index (χ3v) is 3.91. The van der Waals surface area contributed by atoms with Crippen LogP contribution in [0, 0.1) is 5.92 Å². The van der Waals surface area contributed by atoms with Crippen LogP contribution in [0.25, 0.3) is 0 Å². The highest BCUT2D eigenvalue weighted by atomic mass is 16.5. The van der Waals surface area contributed by atoms with Crippen molar-refractivity contribution in [1.82, 2.24) is 0 Å². The van der Waals surface area contributed by atoms with E-state index in [-0.39, 0.29) is 18.4 Å². The van der Waals surface area contributed by atoms with E-state index in [1.807, 2.05) is 42.5 Å². The van der Waals surface area contributed by atoms with Crippen LogP contribution in [0.2, 0.25) is 0 Å². The van der Waals surface area contributed by atoms with E-state index in [4.69, 9.17) is 9.84 Å². The largest absolute Gasteiger partial charge is 0.481 e. The van der Waals surface area contributed by atoms with Crippen LogP contribution in [0.5, 0.6) is 0 Å². The Morgan fingerprint density at radius 1 is 1.09 bits per heavy atom. The van der Waals surface area contributed by atoms with Crippen LogP contribution in [-0.2, 0) is 16.1 Å². The normalized spacial score (nSPS) is 19.0. The summed E-state index contributed by atoms with van der Waals surface area (Å²) in [6, 6.07) is 16.7. The maximum atomic E-state index is 11.7. The molecule has 5 nitrogen and oxygen atoms in total. The summed E-state index contributed by atoms with van der Waals surface area (Å²) >= 11 is 0. The quantitative estimate of drug-likeness (QED) is 0.884. The lowest BCUT2D eigenvalue weighted by Crippen LogP contribution is -2.13. The molecule has 2 aromatic carbocycles. The molecule has 1 aliphatic rings. The molecule has 0 heterocycles. The summed E-state index contributed by atoms with van der Waals surface area (Å²) in [5.74, 6) is -0.932. The summed E-state index contributed by atoms with van der Waals surface area (Å²) < 4.78 is 5.14. The summed E-state index contributed by atoms with van der Waals surface area (Å²) in [6.45, 7) is 0.215. The standard InChI is InChI=1S/C18H17NO4/c20-17(21)16-10-15(16)13-6-8-14(9-7-13)19-18(22)23-11-12-4-2-1-3-5-12/h1-9,15-16H,10-11H2,(H,19,22)(H,20,21)/t15-,16+/m0/s1. The molecule has 1 saturated carbocycles. The predicted octanol–water partition coefficient (Wildman–Crippen LogP) is 3.62. The molecular weight excluding hydrogens is 294 g/mol. The van der Waals surface area contributed by atoms with Crippen molar-refractivity contribution in [1.29, 1.82) is 0 Å². The molecule has 0 bridgehead atoms. The number of rotatable bonds is 5. The molecule has 23 heavy (non-hydrogen) atoms. The Bertz CT molecular complexity index is 697. The maximum Gasteiger partial charge on any atom is 0.411 e. The van der Waals surface area contributed by atoms with Crippen molar-refractivity contribution >= 4 is 17.7 Å². The first kappa shape index (κ1) is 15.1. The van der Waals surface area contributed by atoms with Crippen molar-refractivity contribution in [2.75, 3.05) is 5.32 Å². The van der Waals surface area contributed by atoms with E-state index in [1.165, 1.54) is 0 Å². The number of carbonyl (C=O) groups is 2. The van der Waals surface area contributed by atoms with Crippen molar-refractivity contribution in [3.63, 3.8) is 0 Å². The molecule has 2 N–H and O–H groups in total. The first-order valence-electron chi connectivity index (χ1n) is 7.44. The van der Waals surface area contributed by atoms with Crippen molar-refractivity contribution in [2.45, 2.75) is 18.9 Å². The zero-order valence-corrected chi connectivity index (χ0v) is 12.4. The third kappa shape index (κ3) is 3.88. The Hall–Kier alpha value is -2.82. The van der Waals surface area contributed by atoms with Gasteiger partial charge in [-0.3, -0.25) is 10.1 Å². The van der Waals surface area contributed by atoms with Gasteiger partial charge in [0.2, 0.25) is 0 Å². The van der Waals surface area contributed by atoms with Gasteiger partial charge in [0, 0.05) is 5.69 Å². The number of carbonyl (C=O) groups excluding carboxylic acids is 1. The summed E-state index contributed by atoms with van der Waals surface area (Å²) in [6.07, 6.45) is 0.165. The number of amides is 1. The van der Waals surface area contributed by atoms with Crippen molar-refractivity contribution in [2.24, 2.45) is 5.92 Å². The van der Waals surface area contributed by atoms with Gasteiger partial charge < -0.3 is 9.84 Å². The fourth-order valence-corrected chi connectivity index (χ4v) is 2.53. The molecule has 0 aromatic heterocycles. The Kier molecular flexibility index (Phi) is 4.28. The van der Waals surface area contributed by atoms with E-state index in [9.17, 15) is 9.59 Å². The van der Waals surface area contributed by atoms with Crippen LogP contribution in [0.4, 0.5) is 10.5 Å². The first-order valence-corrected chi connectivity index (χ1v) is 7.44. The Morgan fingerprint density at radius 3 is 2.39 bits per heavy atom. The van der Waals surface area contributed by atoms with Crippen molar-refractivity contribution in [3.8, 4) is 0 Å². The van der Waals surface area contributed by atoms with Crippen LogP contribution in [0.1, 0.15) is 23.5 Å². The minimum atomic E-state index is -0.748. The van der Waals surface area contributed by atoms with Gasteiger partial charge in [0.05, 0.1) is 5.92 Å². The van der Waals surface area contributed by atoms with Gasteiger partial charge in [0.25, 0.3) is 0 Å². The van der Waals surface area contributed by atoms with E-state index in [0.717, 1.165) is 11.1 Å². The van der Waals surface area contributed by atoms with Crippen LogP contribution < -0.4 is 5.32 Å². The lowest BCUT2D eigenvalue weighted by atomic mass is 10.1. The molecule has 0 radical (unpaired) electrons. The Labute approximate surface area is 133 Å². The highest BCUT2D eigenvalue weighted by Gasteiger charge is 2.43. The van der Waals surface area contributed by atoms with Crippen molar-refractivity contribution in [3.05, 3.63) is 65.7 Å². The van der Waals surface area contributed by atoms with Crippen LogP contribution in [0.15, 0.2) is 54.6 Å². The minimum absolute atomic E-state index is 0.0894. The molecule has 0 spiro atoms. The van der Waals surface area contributed by atoms with Gasteiger partial charge in [0.1, 0.15) is 6.61 Å². The molecule has 1 fully saturated rings. The van der Waals surface area contributed by atoms with Gasteiger partial charge in [-0.2, -0.15) is 0 Å². The SMILES string of the molecule is O=C(Nc1ccc([C@@H]2C[C@H]2C(=O)O)cc1)OCc1ccccc1. The molecular formula is C18H17NO4. The van der Waals surface area contributed by atoms with E-state index in [0.29, 0.717) is 12.1 Å². The van der Waals surface area contributed by atoms with E-state index < -0.39 is 12.1 Å². The summed E-state index contributed by atoms with van der Waals surface area (Å²) in [4.78, 5) is 22.6. The van der Waals surface area contributed by atoms with Gasteiger partial charge in [-0.05, 0) is 35.6 Å². The molecule has 2 aromatic rings. The second-order valence-corrected chi connectivity index (χ2v) is 5.60. The van der Waals surface area contributed by atoms with Gasteiger partial charge in [-0.15, -0.1) is 0 Å². The zero-order valence-electron chi connectivity index (χ0n) is 12.4. The van der Waals surface area contributed by atoms with Crippen molar-refractivity contribution < 1.29 is 19.4 Å². The number of carboxylic acid groups (broad SMARTS) is 1. The molecule has 5 heteroatoms. The van der Waals surface area contributed by atoms with Gasteiger partial charge in [0.15, 0.2) is 0 Å². The van der Waals surface area contributed by atoms with E-state index in [2.05, 4.69) is 5.32 Å². The topological polar surface area (TPSA) is 75.6 Å². The van der Waals surface area contributed by atoms with E-state index >= 15 is 0 Å². The molecule has 0 aliphatic heterocycles. The number of aliphatic carboxylic acids is 1. The predicted molar refractivity (Wildman–Crippen MR) is 85.2 cm³/mol. The zero-order chi connectivity index (χ0) is 16.2. The highest BCUT2D eigenvalue weighted by Crippen LogP contribution is 2.47. The molecule has 1 amide bonds. The lowest BCUT2D eigenvalue weighted by molar-refractivity contribution is -0.138. The third-order valence-electron chi connectivity index (χ3n) is 3.91. The second kappa shape index (κ2) is 6.52. The van der Waals surface area contributed by atoms with Crippen LogP contribution in [-0.4, -0.2) is 17.2 Å². The van der Waals surface area contributed by atoms with Crippen LogP contribution >= 0.6 is 0 Å². The smallest absolute Gasteiger partial charge is 0.411 e. The average Bonchev–Trinajstić information content (AvgIpc) is 3.36. The van der Waals surface area contributed by atoms with Crippen LogP contribution in [0.3, 0.4) is 0 Å². The maximum absolute atomic E-state index is 11.7. The van der Waals surface area contributed by atoms with Gasteiger partial charge >= 0.3 is 12.1 Å². The molecule has 2 atom stereocenters. The molecule has 0 unspecified atom stereocenters. The number of benzene rings is 2. The molecule has 0 saturated heterocycles.